The van der Waals surface area contributed by atoms with Crippen LogP contribution < -0.4 is 11.1 Å². The van der Waals surface area contributed by atoms with Crippen molar-refractivity contribution in [3.8, 4) is 0 Å². The number of para-hydroxylation sites is 1. The number of likely N-dealkylation sites (tertiary alicyclic amines) is 1. The first-order valence-corrected chi connectivity index (χ1v) is 7.48. The van der Waals surface area contributed by atoms with Crippen LogP contribution in [0.3, 0.4) is 0 Å². The van der Waals surface area contributed by atoms with Crippen LogP contribution >= 0.6 is 11.6 Å². The molecule has 0 aliphatic carbocycles. The summed E-state index contributed by atoms with van der Waals surface area (Å²) < 4.78 is 0. The van der Waals surface area contributed by atoms with Crippen LogP contribution in [0.5, 0.6) is 0 Å². The smallest absolute Gasteiger partial charge is 0.225 e. The fourth-order valence-electron chi connectivity index (χ4n) is 2.61. The fraction of sp³-hybridized carbons (Fsp3) is 0.533. The number of rotatable bonds is 4. The Bertz CT molecular complexity index is 466. The molecule has 0 radical (unpaired) electrons. The van der Waals surface area contributed by atoms with E-state index in [1.54, 1.807) is 6.07 Å². The maximum atomic E-state index is 12.0. The highest BCUT2D eigenvalue weighted by Crippen LogP contribution is 2.21. The molecule has 5 heteroatoms. The number of carbonyl (C=O) groups excluding carboxylic acids is 1. The number of halogens is 1. The van der Waals surface area contributed by atoms with Gasteiger partial charge in [-0.25, -0.2) is 0 Å². The van der Waals surface area contributed by atoms with Gasteiger partial charge in [0.25, 0.3) is 0 Å². The van der Waals surface area contributed by atoms with Crippen molar-refractivity contribution < 1.29 is 4.79 Å². The third-order valence-corrected chi connectivity index (χ3v) is 4.16. The van der Waals surface area contributed by atoms with Gasteiger partial charge in [-0.05, 0) is 38.4 Å². The van der Waals surface area contributed by atoms with Gasteiger partial charge in [0.05, 0.1) is 10.7 Å². The molecule has 1 aromatic carbocycles. The van der Waals surface area contributed by atoms with E-state index in [1.807, 2.05) is 18.2 Å². The van der Waals surface area contributed by atoms with Gasteiger partial charge >= 0.3 is 0 Å². The molecule has 1 aliphatic heterocycles. The van der Waals surface area contributed by atoms with Crippen molar-refractivity contribution in [2.45, 2.75) is 38.3 Å². The average molecular weight is 296 g/mol. The average Bonchev–Trinajstić information content (AvgIpc) is 2.40. The van der Waals surface area contributed by atoms with Crippen molar-refractivity contribution in [2.75, 3.05) is 18.4 Å². The Hall–Kier alpha value is -1.10. The van der Waals surface area contributed by atoms with Crippen molar-refractivity contribution in [2.24, 2.45) is 5.73 Å². The monoisotopic (exact) mass is 295 g/mol. The lowest BCUT2D eigenvalue weighted by atomic mass is 9.99. The summed E-state index contributed by atoms with van der Waals surface area (Å²) in [5.74, 6) is 0.000159. The zero-order valence-corrected chi connectivity index (χ0v) is 12.6. The molecule has 0 aromatic heterocycles. The summed E-state index contributed by atoms with van der Waals surface area (Å²) in [6.07, 6.45) is 2.49. The van der Waals surface area contributed by atoms with Gasteiger partial charge in [-0.2, -0.15) is 0 Å². The molecule has 4 nitrogen and oxygen atoms in total. The van der Waals surface area contributed by atoms with Gasteiger partial charge in [0.1, 0.15) is 0 Å². The number of nitrogens with one attached hydrogen (secondary N) is 1. The molecule has 0 bridgehead atoms. The van der Waals surface area contributed by atoms with Crippen LogP contribution in [0.25, 0.3) is 0 Å². The standard InChI is InChI=1S/C15H22ClN3O/c1-11-10-12(17)6-8-19(11)9-7-15(20)18-14-5-3-2-4-13(14)16/h2-5,11-12H,6-10,17H2,1H3,(H,18,20). The molecule has 1 aromatic rings. The molecular weight excluding hydrogens is 274 g/mol. The molecule has 2 atom stereocenters. The third kappa shape index (κ3) is 4.20. The van der Waals surface area contributed by atoms with Crippen LogP contribution in [0, 0.1) is 0 Å². The SMILES string of the molecule is CC1CC(N)CCN1CCC(=O)Nc1ccccc1Cl. The minimum Gasteiger partial charge on any atom is -0.328 e. The molecule has 20 heavy (non-hydrogen) atoms. The summed E-state index contributed by atoms with van der Waals surface area (Å²) in [6.45, 7) is 3.91. The lowest BCUT2D eigenvalue weighted by molar-refractivity contribution is -0.116. The van der Waals surface area contributed by atoms with Crippen LogP contribution in [-0.4, -0.2) is 36.0 Å². The van der Waals surface area contributed by atoms with E-state index in [2.05, 4.69) is 17.1 Å². The van der Waals surface area contributed by atoms with Crippen molar-refractivity contribution in [3.05, 3.63) is 29.3 Å². The Morgan fingerprint density at radius 2 is 2.25 bits per heavy atom. The van der Waals surface area contributed by atoms with E-state index in [0.29, 0.717) is 29.2 Å². The molecule has 0 saturated carbocycles. The van der Waals surface area contributed by atoms with Crippen LogP contribution in [0.1, 0.15) is 26.2 Å². The predicted octanol–water partition coefficient (Wildman–Crippen LogP) is 2.48. The number of carbonyl (C=O) groups is 1. The van der Waals surface area contributed by atoms with Crippen molar-refractivity contribution in [1.29, 1.82) is 0 Å². The molecule has 1 fully saturated rings. The normalized spacial score (nSPS) is 23.6. The zero-order valence-electron chi connectivity index (χ0n) is 11.8. The van der Waals surface area contributed by atoms with E-state index < -0.39 is 0 Å². The number of nitrogens with two attached hydrogens (primary N) is 1. The fourth-order valence-corrected chi connectivity index (χ4v) is 2.79. The Balaban J connectivity index is 1.79. The topological polar surface area (TPSA) is 58.4 Å². The first kappa shape index (κ1) is 15.3. The number of hydrogen-bond donors (Lipinski definition) is 2. The molecule has 0 spiro atoms. The second-order valence-electron chi connectivity index (χ2n) is 5.45. The van der Waals surface area contributed by atoms with Crippen LogP contribution in [0.2, 0.25) is 5.02 Å². The van der Waals surface area contributed by atoms with E-state index in [1.165, 1.54) is 0 Å². The minimum atomic E-state index is 0.000159. The number of piperidine rings is 1. The predicted molar refractivity (Wildman–Crippen MR) is 82.9 cm³/mol. The number of hydrogen-bond acceptors (Lipinski definition) is 3. The maximum Gasteiger partial charge on any atom is 0.225 e. The Labute approximate surface area is 125 Å². The summed E-state index contributed by atoms with van der Waals surface area (Å²) in [4.78, 5) is 14.3. The molecule has 3 N–H and O–H groups in total. The van der Waals surface area contributed by atoms with Gasteiger partial charge in [-0.3, -0.25) is 4.79 Å². The van der Waals surface area contributed by atoms with Crippen molar-refractivity contribution in [1.82, 2.24) is 4.90 Å². The highest BCUT2D eigenvalue weighted by molar-refractivity contribution is 6.33. The van der Waals surface area contributed by atoms with Gasteiger partial charge in [-0.1, -0.05) is 23.7 Å². The summed E-state index contributed by atoms with van der Waals surface area (Å²) in [5.41, 5.74) is 6.62. The van der Waals surface area contributed by atoms with Gasteiger partial charge in [0.15, 0.2) is 0 Å². The largest absolute Gasteiger partial charge is 0.328 e. The second kappa shape index (κ2) is 7.07. The van der Waals surface area contributed by atoms with Crippen LogP contribution in [0.4, 0.5) is 5.69 Å². The number of benzene rings is 1. The lowest BCUT2D eigenvalue weighted by Crippen LogP contribution is -2.46. The van der Waals surface area contributed by atoms with E-state index in [-0.39, 0.29) is 5.91 Å². The van der Waals surface area contributed by atoms with Gasteiger partial charge in [0, 0.05) is 25.0 Å². The van der Waals surface area contributed by atoms with E-state index in [9.17, 15) is 4.79 Å². The molecule has 1 heterocycles. The minimum absolute atomic E-state index is 0.000159. The highest BCUT2D eigenvalue weighted by atomic mass is 35.5. The van der Waals surface area contributed by atoms with Gasteiger partial charge in [-0.15, -0.1) is 0 Å². The summed E-state index contributed by atoms with van der Waals surface area (Å²) in [6, 6.07) is 8.03. The molecule has 1 saturated heterocycles. The van der Waals surface area contributed by atoms with Crippen LogP contribution in [-0.2, 0) is 4.79 Å². The Kier molecular flexibility index (Phi) is 5.40. The maximum absolute atomic E-state index is 12.0. The Morgan fingerprint density at radius 1 is 1.50 bits per heavy atom. The lowest BCUT2D eigenvalue weighted by Gasteiger charge is -2.36. The van der Waals surface area contributed by atoms with Gasteiger partial charge in [0.2, 0.25) is 5.91 Å². The molecular formula is C15H22ClN3O. The van der Waals surface area contributed by atoms with Gasteiger partial charge < -0.3 is 16.0 Å². The summed E-state index contributed by atoms with van der Waals surface area (Å²) in [5, 5.41) is 3.42. The van der Waals surface area contributed by atoms with E-state index >= 15 is 0 Å². The molecule has 110 valence electrons. The van der Waals surface area contributed by atoms with Crippen LogP contribution in [0.15, 0.2) is 24.3 Å². The second-order valence-corrected chi connectivity index (χ2v) is 5.85. The molecule has 2 rings (SSSR count). The zero-order chi connectivity index (χ0) is 14.5. The summed E-state index contributed by atoms with van der Waals surface area (Å²) in [7, 11) is 0. The molecule has 1 amide bonds. The highest BCUT2D eigenvalue weighted by Gasteiger charge is 2.23. The first-order valence-electron chi connectivity index (χ1n) is 7.10. The van der Waals surface area contributed by atoms with Crippen molar-refractivity contribution in [3.63, 3.8) is 0 Å². The quantitative estimate of drug-likeness (QED) is 0.897. The number of amides is 1. The van der Waals surface area contributed by atoms with Crippen molar-refractivity contribution >= 4 is 23.2 Å². The summed E-state index contributed by atoms with van der Waals surface area (Å²) >= 11 is 6.02. The molecule has 2 unspecified atom stereocenters. The van der Waals surface area contributed by atoms with E-state index in [4.69, 9.17) is 17.3 Å². The molecule has 1 aliphatic rings. The van der Waals surface area contributed by atoms with E-state index in [0.717, 1.165) is 25.9 Å². The Morgan fingerprint density at radius 3 is 2.95 bits per heavy atom. The number of anilines is 1. The number of nitrogens with zero attached hydrogens (tertiary/aromatic N) is 1. The first-order chi connectivity index (χ1) is 9.56. The third-order valence-electron chi connectivity index (χ3n) is 3.83.